The fraction of sp³-hybridized carbons (Fsp3) is 0. The van der Waals surface area contributed by atoms with Gasteiger partial charge in [-0.05, 0) is 36.4 Å². The molecule has 0 amide bonds. The fourth-order valence-electron chi connectivity index (χ4n) is 2.30. The third-order valence-electron chi connectivity index (χ3n) is 3.43. The average molecular weight is 299 g/mol. The predicted molar refractivity (Wildman–Crippen MR) is 90.4 cm³/mol. The van der Waals surface area contributed by atoms with E-state index in [0.29, 0.717) is 11.7 Å². The van der Waals surface area contributed by atoms with Gasteiger partial charge in [0.15, 0.2) is 0 Å². The van der Waals surface area contributed by atoms with Gasteiger partial charge in [-0.25, -0.2) is 9.97 Å². The first kappa shape index (κ1) is 13.4. The van der Waals surface area contributed by atoms with Crippen LogP contribution in [0.25, 0.3) is 34.6 Å². The molecule has 2 aromatic carbocycles. The highest BCUT2D eigenvalue weighted by atomic mass is 16.4. The Hall–Kier alpha value is -3.27. The van der Waals surface area contributed by atoms with Crippen LogP contribution >= 0.6 is 0 Å². The lowest BCUT2D eigenvalue weighted by molar-refractivity contribution is 0.565. The van der Waals surface area contributed by atoms with E-state index in [1.54, 1.807) is 12.4 Å². The minimum absolute atomic E-state index is 0.606. The van der Waals surface area contributed by atoms with Gasteiger partial charge < -0.3 is 4.42 Å². The summed E-state index contributed by atoms with van der Waals surface area (Å²) in [4.78, 5) is 13.2. The lowest BCUT2D eigenvalue weighted by Gasteiger charge is -1.97. The number of fused-ring (bicyclic) bond motifs is 1. The second-order valence-electron chi connectivity index (χ2n) is 5.05. The van der Waals surface area contributed by atoms with Gasteiger partial charge in [0.2, 0.25) is 5.89 Å². The number of nitrogens with zero attached hydrogens (tertiary/aromatic N) is 3. The molecule has 0 saturated heterocycles. The summed E-state index contributed by atoms with van der Waals surface area (Å²) in [5.41, 5.74) is 3.49. The van der Waals surface area contributed by atoms with Crippen LogP contribution in [0.15, 0.2) is 71.4 Å². The van der Waals surface area contributed by atoms with E-state index in [1.807, 2.05) is 66.7 Å². The Balaban J connectivity index is 1.59. The van der Waals surface area contributed by atoms with Crippen molar-refractivity contribution in [2.75, 3.05) is 0 Å². The summed E-state index contributed by atoms with van der Waals surface area (Å²) in [6.45, 7) is 0. The average Bonchev–Trinajstić information content (AvgIpc) is 3.10. The molecule has 0 spiro atoms. The van der Waals surface area contributed by atoms with Gasteiger partial charge in [0.05, 0.1) is 29.1 Å². The molecule has 4 heteroatoms. The highest BCUT2D eigenvalue weighted by molar-refractivity contribution is 5.76. The maximum absolute atomic E-state index is 5.73. The SMILES string of the molecule is C(=C/c1cnc(-c2ccccc2)o1)/c1cnc2ccccc2n1. The van der Waals surface area contributed by atoms with Crippen LogP contribution in [0, 0.1) is 0 Å². The first-order valence-electron chi connectivity index (χ1n) is 7.30. The number of para-hydroxylation sites is 2. The Kier molecular flexibility index (Phi) is 3.41. The van der Waals surface area contributed by atoms with Crippen molar-refractivity contribution in [3.63, 3.8) is 0 Å². The minimum atomic E-state index is 0.606. The first-order valence-corrected chi connectivity index (χ1v) is 7.30. The van der Waals surface area contributed by atoms with Crippen LogP contribution in [-0.4, -0.2) is 15.0 Å². The van der Waals surface area contributed by atoms with E-state index in [0.717, 1.165) is 22.3 Å². The van der Waals surface area contributed by atoms with Crippen LogP contribution in [0.3, 0.4) is 0 Å². The number of hydrogen-bond acceptors (Lipinski definition) is 4. The van der Waals surface area contributed by atoms with Crippen molar-refractivity contribution in [1.29, 1.82) is 0 Å². The van der Waals surface area contributed by atoms with Crippen molar-refractivity contribution in [3.8, 4) is 11.5 Å². The molecule has 2 heterocycles. The smallest absolute Gasteiger partial charge is 0.226 e. The third kappa shape index (κ3) is 2.87. The zero-order chi connectivity index (χ0) is 15.5. The molecule has 0 atom stereocenters. The van der Waals surface area contributed by atoms with Crippen LogP contribution in [-0.2, 0) is 0 Å². The summed E-state index contributed by atoms with van der Waals surface area (Å²) in [7, 11) is 0. The lowest BCUT2D eigenvalue weighted by atomic mass is 10.2. The summed E-state index contributed by atoms with van der Waals surface area (Å²) < 4.78 is 5.73. The maximum atomic E-state index is 5.73. The Morgan fingerprint density at radius 2 is 1.52 bits per heavy atom. The van der Waals surface area contributed by atoms with Crippen LogP contribution in [0.1, 0.15) is 11.5 Å². The molecule has 4 rings (SSSR count). The standard InChI is InChI=1S/C19H13N3O/c1-2-6-14(7-3-1)19-21-13-16(23-19)11-10-15-12-20-17-8-4-5-9-18(17)22-15/h1-13H/b11-10-. The molecule has 4 nitrogen and oxygen atoms in total. The van der Waals surface area contributed by atoms with E-state index in [-0.39, 0.29) is 0 Å². The summed E-state index contributed by atoms with van der Waals surface area (Å²) in [5, 5.41) is 0. The lowest BCUT2D eigenvalue weighted by Crippen LogP contribution is -1.86. The van der Waals surface area contributed by atoms with Crippen LogP contribution in [0.2, 0.25) is 0 Å². The van der Waals surface area contributed by atoms with Gasteiger partial charge in [-0.1, -0.05) is 30.3 Å². The van der Waals surface area contributed by atoms with E-state index >= 15 is 0 Å². The van der Waals surface area contributed by atoms with E-state index in [2.05, 4.69) is 15.0 Å². The Labute approximate surface area is 133 Å². The van der Waals surface area contributed by atoms with Crippen molar-refractivity contribution in [1.82, 2.24) is 15.0 Å². The van der Waals surface area contributed by atoms with Gasteiger partial charge >= 0.3 is 0 Å². The van der Waals surface area contributed by atoms with E-state index in [4.69, 9.17) is 4.42 Å². The molecule has 0 aliphatic rings. The van der Waals surface area contributed by atoms with E-state index in [9.17, 15) is 0 Å². The molecule has 0 radical (unpaired) electrons. The Bertz CT molecular complexity index is 974. The Morgan fingerprint density at radius 1 is 0.739 bits per heavy atom. The number of rotatable bonds is 3. The molecule has 0 aliphatic carbocycles. The fourth-order valence-corrected chi connectivity index (χ4v) is 2.30. The molecular weight excluding hydrogens is 286 g/mol. The second-order valence-corrected chi connectivity index (χ2v) is 5.05. The summed E-state index contributed by atoms with van der Waals surface area (Å²) in [6.07, 6.45) is 7.16. The third-order valence-corrected chi connectivity index (χ3v) is 3.43. The summed E-state index contributed by atoms with van der Waals surface area (Å²) in [6, 6.07) is 17.6. The van der Waals surface area contributed by atoms with Gasteiger partial charge in [-0.15, -0.1) is 0 Å². The summed E-state index contributed by atoms with van der Waals surface area (Å²) >= 11 is 0. The second kappa shape index (κ2) is 5.85. The minimum Gasteiger partial charge on any atom is -0.437 e. The maximum Gasteiger partial charge on any atom is 0.226 e. The molecule has 0 saturated carbocycles. The normalized spacial score (nSPS) is 11.3. The highest BCUT2D eigenvalue weighted by Gasteiger charge is 2.04. The molecule has 23 heavy (non-hydrogen) atoms. The highest BCUT2D eigenvalue weighted by Crippen LogP contribution is 2.19. The number of aromatic nitrogens is 3. The molecule has 0 aliphatic heterocycles. The molecule has 0 fully saturated rings. The molecule has 0 bridgehead atoms. The van der Waals surface area contributed by atoms with Crippen LogP contribution in [0.4, 0.5) is 0 Å². The van der Waals surface area contributed by atoms with Crippen molar-refractivity contribution in [2.45, 2.75) is 0 Å². The van der Waals surface area contributed by atoms with Crippen molar-refractivity contribution in [3.05, 3.63) is 78.4 Å². The monoisotopic (exact) mass is 299 g/mol. The van der Waals surface area contributed by atoms with Gasteiger partial charge in [0, 0.05) is 5.56 Å². The number of hydrogen-bond donors (Lipinski definition) is 0. The van der Waals surface area contributed by atoms with Gasteiger partial charge in [-0.2, -0.15) is 0 Å². The summed E-state index contributed by atoms with van der Waals surface area (Å²) in [5.74, 6) is 1.29. The van der Waals surface area contributed by atoms with Crippen LogP contribution < -0.4 is 0 Å². The van der Waals surface area contributed by atoms with Gasteiger partial charge in [0.1, 0.15) is 5.76 Å². The Morgan fingerprint density at radius 3 is 2.39 bits per heavy atom. The molecular formula is C19H13N3O. The van der Waals surface area contributed by atoms with Crippen molar-refractivity contribution < 1.29 is 4.42 Å². The van der Waals surface area contributed by atoms with Crippen LogP contribution in [0.5, 0.6) is 0 Å². The zero-order valence-corrected chi connectivity index (χ0v) is 12.3. The zero-order valence-electron chi connectivity index (χ0n) is 12.3. The number of benzene rings is 2. The topological polar surface area (TPSA) is 51.8 Å². The molecule has 0 N–H and O–H groups in total. The number of oxazole rings is 1. The predicted octanol–water partition coefficient (Wildman–Crippen LogP) is 4.46. The molecule has 110 valence electrons. The van der Waals surface area contributed by atoms with Crippen molar-refractivity contribution in [2.24, 2.45) is 0 Å². The largest absolute Gasteiger partial charge is 0.437 e. The molecule has 0 unspecified atom stereocenters. The molecule has 4 aromatic rings. The quantitative estimate of drug-likeness (QED) is 0.560. The van der Waals surface area contributed by atoms with E-state index < -0.39 is 0 Å². The van der Waals surface area contributed by atoms with E-state index in [1.165, 1.54) is 0 Å². The van der Waals surface area contributed by atoms with Gasteiger partial charge in [-0.3, -0.25) is 4.98 Å². The molecule has 2 aromatic heterocycles. The van der Waals surface area contributed by atoms with Crippen molar-refractivity contribution >= 4 is 23.2 Å². The first-order chi connectivity index (χ1) is 11.4. The van der Waals surface area contributed by atoms with Gasteiger partial charge in [0.25, 0.3) is 0 Å².